The predicted octanol–water partition coefficient (Wildman–Crippen LogP) is 5.32. The van der Waals surface area contributed by atoms with Gasteiger partial charge in [-0.25, -0.2) is 4.98 Å². The van der Waals surface area contributed by atoms with Gasteiger partial charge >= 0.3 is 0 Å². The number of aromatic nitrogens is 1. The fraction of sp³-hybridized carbons (Fsp3) is 0.387. The first kappa shape index (κ1) is 27.0. The lowest BCUT2D eigenvalue weighted by Crippen LogP contribution is -2.54. The summed E-state index contributed by atoms with van der Waals surface area (Å²) in [6, 6.07) is 12.7. The van der Waals surface area contributed by atoms with Crippen LogP contribution in [0, 0.1) is 25.2 Å². The van der Waals surface area contributed by atoms with Gasteiger partial charge in [0.2, 0.25) is 0 Å². The Morgan fingerprint density at radius 1 is 1.16 bits per heavy atom. The van der Waals surface area contributed by atoms with Gasteiger partial charge in [0.05, 0.1) is 11.3 Å². The molecule has 7 heteroatoms. The van der Waals surface area contributed by atoms with Crippen LogP contribution in [-0.4, -0.2) is 65.5 Å². The molecule has 0 saturated carbocycles. The maximum Gasteiger partial charge on any atom is 0.254 e. The van der Waals surface area contributed by atoms with Crippen LogP contribution in [0.1, 0.15) is 42.7 Å². The Kier molecular flexibility index (Phi) is 8.52. The zero-order valence-corrected chi connectivity index (χ0v) is 22.8. The lowest BCUT2D eigenvalue weighted by molar-refractivity contribution is 0.0725. The molecule has 0 spiro atoms. The minimum atomic E-state index is 0. The smallest absolute Gasteiger partial charge is 0.254 e. The van der Waals surface area contributed by atoms with Crippen molar-refractivity contribution in [1.29, 1.82) is 5.26 Å². The summed E-state index contributed by atoms with van der Waals surface area (Å²) >= 11 is 0. The quantitative estimate of drug-likeness (QED) is 0.400. The maximum absolute atomic E-state index is 13.6. The van der Waals surface area contributed by atoms with E-state index < -0.39 is 0 Å². The van der Waals surface area contributed by atoms with E-state index in [1.165, 1.54) is 0 Å². The van der Waals surface area contributed by atoms with Crippen LogP contribution in [0.3, 0.4) is 0 Å². The molecule has 7 nitrogen and oxygen atoms in total. The van der Waals surface area contributed by atoms with Crippen molar-refractivity contribution in [3.63, 3.8) is 0 Å². The molecule has 2 aliphatic heterocycles. The maximum atomic E-state index is 13.6. The van der Waals surface area contributed by atoms with E-state index in [9.17, 15) is 10.1 Å². The Hall–Kier alpha value is -4.05. The number of piperidine rings is 1. The number of benzene rings is 1. The molecule has 1 aromatic heterocycles. The molecular weight excluding hydrogens is 472 g/mol. The standard InChI is InChI=1S/C31H38N6O.H2/c1-6-9-29(24(4)20-32)35-14-11-26(12-15-35)34-28-19-27(22(2)18-23(28)3)31(38)36-16-17-37(25(5)21-36)30-10-7-8-13-33-30;/h6-10,13,18-19,25-26,34H,1,4,11-12,14-17,21H2,2-3,5H3;1H/b29-9+;/t25-;/m1./s1. The molecule has 4 rings (SSSR count). The number of allylic oxidation sites excluding steroid dienone is 3. The number of carbonyl (C=O) groups excluding carboxylic acids is 1. The van der Waals surface area contributed by atoms with Gasteiger partial charge in [0, 0.05) is 63.7 Å². The van der Waals surface area contributed by atoms with Gasteiger partial charge in [-0.15, -0.1) is 0 Å². The fourth-order valence-corrected chi connectivity index (χ4v) is 5.47. The van der Waals surface area contributed by atoms with Crippen molar-refractivity contribution in [2.24, 2.45) is 0 Å². The molecule has 2 aromatic rings. The van der Waals surface area contributed by atoms with Gasteiger partial charge in [-0.3, -0.25) is 4.79 Å². The summed E-state index contributed by atoms with van der Waals surface area (Å²) in [6.45, 7) is 17.7. The number of aryl methyl sites for hydroxylation is 2. The highest BCUT2D eigenvalue weighted by atomic mass is 16.2. The summed E-state index contributed by atoms with van der Waals surface area (Å²) in [5.74, 6) is 1.04. The van der Waals surface area contributed by atoms with E-state index in [0.717, 1.165) is 66.4 Å². The highest BCUT2D eigenvalue weighted by Crippen LogP contribution is 2.27. The molecule has 1 atom stereocenters. The van der Waals surface area contributed by atoms with E-state index in [-0.39, 0.29) is 19.4 Å². The summed E-state index contributed by atoms with van der Waals surface area (Å²) in [6.07, 6.45) is 7.23. The minimum Gasteiger partial charge on any atom is -0.382 e. The number of amides is 1. The molecule has 0 unspecified atom stereocenters. The molecular formula is C31H40N6O. The van der Waals surface area contributed by atoms with Gasteiger partial charge in [-0.2, -0.15) is 5.26 Å². The van der Waals surface area contributed by atoms with Crippen molar-refractivity contribution in [3.05, 3.63) is 89.8 Å². The molecule has 2 saturated heterocycles. The SMILES string of the molecule is C=C/C=C(\C(=C)C#N)N1CCC(Nc2cc(C(=O)N3CCN(c4ccccn4)[C@H](C)C3)c(C)cc2C)CC1.[HH]. The monoisotopic (exact) mass is 512 g/mol. The normalized spacial score (nSPS) is 18.6. The number of pyridine rings is 1. The summed E-state index contributed by atoms with van der Waals surface area (Å²) < 4.78 is 0. The Labute approximate surface area is 228 Å². The van der Waals surface area contributed by atoms with Crippen LogP contribution in [0.2, 0.25) is 0 Å². The Morgan fingerprint density at radius 2 is 1.92 bits per heavy atom. The van der Waals surface area contributed by atoms with E-state index in [1.807, 2.05) is 48.4 Å². The van der Waals surface area contributed by atoms with Crippen molar-refractivity contribution in [1.82, 2.24) is 14.8 Å². The van der Waals surface area contributed by atoms with Crippen LogP contribution in [0.4, 0.5) is 11.5 Å². The molecule has 2 fully saturated rings. The first-order valence-electron chi connectivity index (χ1n) is 13.3. The third-order valence-corrected chi connectivity index (χ3v) is 7.58. The van der Waals surface area contributed by atoms with Gasteiger partial charge in [0.15, 0.2) is 0 Å². The van der Waals surface area contributed by atoms with E-state index >= 15 is 0 Å². The molecule has 0 radical (unpaired) electrons. The average Bonchev–Trinajstić information content (AvgIpc) is 2.93. The number of nitriles is 1. The third kappa shape index (κ3) is 5.91. The van der Waals surface area contributed by atoms with Gasteiger partial charge in [0.1, 0.15) is 11.9 Å². The molecule has 38 heavy (non-hydrogen) atoms. The van der Waals surface area contributed by atoms with Gasteiger partial charge < -0.3 is 20.0 Å². The molecule has 1 N–H and O–H groups in total. The lowest BCUT2D eigenvalue weighted by atomic mass is 9.99. The van der Waals surface area contributed by atoms with Crippen LogP contribution in [0.25, 0.3) is 0 Å². The number of carbonyl (C=O) groups is 1. The topological polar surface area (TPSA) is 75.5 Å². The molecule has 2 aliphatic rings. The van der Waals surface area contributed by atoms with Gasteiger partial charge in [-0.05, 0) is 69.0 Å². The second-order valence-electron chi connectivity index (χ2n) is 10.2. The average molecular weight is 513 g/mol. The number of nitrogens with one attached hydrogen (secondary N) is 1. The van der Waals surface area contributed by atoms with Crippen LogP contribution in [0.5, 0.6) is 0 Å². The van der Waals surface area contributed by atoms with Crippen LogP contribution >= 0.6 is 0 Å². The first-order chi connectivity index (χ1) is 18.3. The van der Waals surface area contributed by atoms with E-state index in [4.69, 9.17) is 0 Å². The van der Waals surface area contributed by atoms with Crippen molar-refractivity contribution in [3.8, 4) is 6.07 Å². The second kappa shape index (κ2) is 12.0. The van der Waals surface area contributed by atoms with E-state index in [0.29, 0.717) is 18.7 Å². The van der Waals surface area contributed by atoms with Crippen molar-refractivity contribution >= 4 is 17.4 Å². The molecule has 3 heterocycles. The molecule has 0 bridgehead atoms. The number of hydrogen-bond acceptors (Lipinski definition) is 6. The van der Waals surface area contributed by atoms with E-state index in [2.05, 4.69) is 59.2 Å². The number of piperazine rings is 1. The van der Waals surface area contributed by atoms with E-state index in [1.54, 1.807) is 6.08 Å². The minimum absolute atomic E-state index is 0. The highest BCUT2D eigenvalue weighted by molar-refractivity contribution is 5.97. The number of hydrogen-bond donors (Lipinski definition) is 1. The zero-order chi connectivity index (χ0) is 27.2. The second-order valence-corrected chi connectivity index (χ2v) is 10.2. The molecule has 1 aromatic carbocycles. The molecule has 0 aliphatic carbocycles. The highest BCUT2D eigenvalue weighted by Gasteiger charge is 2.29. The Morgan fingerprint density at radius 3 is 2.55 bits per heavy atom. The summed E-state index contributed by atoms with van der Waals surface area (Å²) in [5, 5.41) is 13.0. The van der Waals surface area contributed by atoms with Crippen LogP contribution < -0.4 is 10.2 Å². The van der Waals surface area contributed by atoms with Gasteiger partial charge in [0.25, 0.3) is 5.91 Å². The number of anilines is 2. The molecule has 1 amide bonds. The number of likely N-dealkylation sites (tertiary alicyclic amines) is 1. The van der Waals surface area contributed by atoms with Crippen molar-refractivity contribution in [2.45, 2.75) is 45.7 Å². The Bertz CT molecular complexity index is 1260. The summed E-state index contributed by atoms with van der Waals surface area (Å²) in [7, 11) is 0. The summed E-state index contributed by atoms with van der Waals surface area (Å²) in [5.41, 5.74) is 5.22. The number of nitrogens with zero attached hydrogens (tertiary/aromatic N) is 5. The van der Waals surface area contributed by atoms with Crippen molar-refractivity contribution < 1.29 is 6.22 Å². The Balaban J connectivity index is 0.00000420. The predicted molar refractivity (Wildman–Crippen MR) is 156 cm³/mol. The first-order valence-corrected chi connectivity index (χ1v) is 13.3. The van der Waals surface area contributed by atoms with Crippen LogP contribution in [0.15, 0.2) is 73.1 Å². The zero-order valence-electron chi connectivity index (χ0n) is 22.8. The fourth-order valence-electron chi connectivity index (χ4n) is 5.47. The largest absolute Gasteiger partial charge is 0.382 e. The lowest BCUT2D eigenvalue weighted by Gasteiger charge is -2.40. The van der Waals surface area contributed by atoms with Gasteiger partial charge in [-0.1, -0.05) is 31.4 Å². The van der Waals surface area contributed by atoms with Crippen molar-refractivity contribution in [2.75, 3.05) is 42.9 Å². The summed E-state index contributed by atoms with van der Waals surface area (Å²) in [4.78, 5) is 24.6. The number of rotatable bonds is 7. The third-order valence-electron chi connectivity index (χ3n) is 7.58. The molecule has 200 valence electrons. The van der Waals surface area contributed by atoms with Crippen LogP contribution in [-0.2, 0) is 0 Å².